The van der Waals surface area contributed by atoms with Crippen LogP contribution in [0.4, 0.5) is 4.79 Å². The number of urea groups is 1. The molecule has 1 fully saturated rings. The molecule has 34 heavy (non-hydrogen) atoms. The number of benzene rings is 1. The first kappa shape index (κ1) is 24.1. The van der Waals surface area contributed by atoms with Gasteiger partial charge in [0.05, 0.1) is 5.41 Å². The lowest BCUT2D eigenvalue weighted by Gasteiger charge is -2.42. The van der Waals surface area contributed by atoms with Gasteiger partial charge in [0.25, 0.3) is 0 Å². The van der Waals surface area contributed by atoms with Crippen LogP contribution in [-0.4, -0.2) is 42.5 Å². The SMILES string of the molecule is [CH2-]C(NC(=O)N1CCC(C(=O)NCC2C=CC=CC2)(c2ccccc2)CC1)C1=CCC(C)C=C1. The molecule has 0 radical (unpaired) electrons. The summed E-state index contributed by atoms with van der Waals surface area (Å²) < 4.78 is 0. The molecule has 3 unspecified atom stereocenters. The number of carbonyl (C=O) groups excluding carboxylic acids is 2. The number of carbonyl (C=O) groups is 2. The number of hydrogen-bond acceptors (Lipinski definition) is 2. The van der Waals surface area contributed by atoms with Crippen molar-refractivity contribution in [1.29, 1.82) is 0 Å². The number of allylic oxidation sites excluding steroid dienone is 5. The Bertz CT molecular complexity index is 984. The molecular formula is C29H36N3O2-. The Kier molecular flexibility index (Phi) is 7.71. The van der Waals surface area contributed by atoms with Crippen LogP contribution in [0, 0.1) is 18.8 Å². The van der Waals surface area contributed by atoms with Gasteiger partial charge in [-0.05, 0) is 43.1 Å². The molecule has 5 heteroatoms. The lowest BCUT2D eigenvalue weighted by molar-refractivity contribution is -0.128. The summed E-state index contributed by atoms with van der Waals surface area (Å²) in [7, 11) is 0. The predicted molar refractivity (Wildman–Crippen MR) is 137 cm³/mol. The summed E-state index contributed by atoms with van der Waals surface area (Å²) in [4.78, 5) is 28.3. The largest absolute Gasteiger partial charge is 0.361 e. The molecule has 0 spiro atoms. The summed E-state index contributed by atoms with van der Waals surface area (Å²) in [5, 5.41) is 6.26. The van der Waals surface area contributed by atoms with Crippen molar-refractivity contribution in [1.82, 2.24) is 15.5 Å². The molecule has 1 aliphatic heterocycles. The first-order valence-electron chi connectivity index (χ1n) is 12.4. The Morgan fingerprint density at radius 3 is 2.53 bits per heavy atom. The van der Waals surface area contributed by atoms with Crippen molar-refractivity contribution in [2.45, 2.75) is 44.1 Å². The fourth-order valence-electron chi connectivity index (χ4n) is 5.00. The summed E-state index contributed by atoms with van der Waals surface area (Å²) in [6, 6.07) is 9.61. The number of likely N-dealkylation sites (tertiary alicyclic amines) is 1. The monoisotopic (exact) mass is 458 g/mol. The highest BCUT2D eigenvalue weighted by atomic mass is 16.2. The van der Waals surface area contributed by atoms with Gasteiger partial charge in [-0.15, -0.1) is 0 Å². The minimum absolute atomic E-state index is 0.0587. The molecular weight excluding hydrogens is 422 g/mol. The highest BCUT2D eigenvalue weighted by Gasteiger charge is 2.43. The van der Waals surface area contributed by atoms with E-state index in [4.69, 9.17) is 0 Å². The van der Waals surface area contributed by atoms with Crippen LogP contribution < -0.4 is 10.6 Å². The minimum Gasteiger partial charge on any atom is -0.361 e. The topological polar surface area (TPSA) is 61.4 Å². The van der Waals surface area contributed by atoms with Crippen LogP contribution in [-0.2, 0) is 10.2 Å². The van der Waals surface area contributed by atoms with Gasteiger partial charge >= 0.3 is 6.03 Å². The Balaban J connectivity index is 1.39. The van der Waals surface area contributed by atoms with Crippen LogP contribution in [0.2, 0.25) is 0 Å². The van der Waals surface area contributed by atoms with Crippen molar-refractivity contribution < 1.29 is 9.59 Å². The summed E-state index contributed by atoms with van der Waals surface area (Å²) in [5.74, 6) is 0.910. The maximum Gasteiger partial charge on any atom is 0.315 e. The number of amides is 3. The van der Waals surface area contributed by atoms with E-state index in [0.29, 0.717) is 44.3 Å². The molecule has 3 aliphatic rings. The van der Waals surface area contributed by atoms with E-state index in [1.807, 2.05) is 47.4 Å². The van der Waals surface area contributed by atoms with Crippen molar-refractivity contribution in [3.8, 4) is 0 Å². The van der Waals surface area contributed by atoms with Crippen molar-refractivity contribution in [2.24, 2.45) is 11.8 Å². The number of nitrogens with zero attached hydrogens (tertiary/aromatic N) is 1. The number of hydrogen-bond donors (Lipinski definition) is 2. The van der Waals surface area contributed by atoms with E-state index in [9.17, 15) is 9.59 Å². The Morgan fingerprint density at radius 1 is 1.12 bits per heavy atom. The van der Waals surface area contributed by atoms with Crippen molar-refractivity contribution in [3.63, 3.8) is 0 Å². The average molecular weight is 459 g/mol. The second kappa shape index (κ2) is 10.9. The summed E-state index contributed by atoms with van der Waals surface area (Å²) in [6.45, 7) is 8.00. The van der Waals surface area contributed by atoms with Crippen molar-refractivity contribution in [2.75, 3.05) is 19.6 Å². The van der Waals surface area contributed by atoms with Crippen LogP contribution in [0.5, 0.6) is 0 Å². The molecule has 0 saturated carbocycles. The van der Waals surface area contributed by atoms with Gasteiger partial charge in [0.2, 0.25) is 5.91 Å². The highest BCUT2D eigenvalue weighted by molar-refractivity contribution is 5.89. The quantitative estimate of drug-likeness (QED) is 0.607. The molecule has 1 aromatic rings. The van der Waals surface area contributed by atoms with E-state index in [1.54, 1.807) is 0 Å². The fourth-order valence-corrected chi connectivity index (χ4v) is 5.00. The Morgan fingerprint density at radius 2 is 1.88 bits per heavy atom. The van der Waals surface area contributed by atoms with Gasteiger partial charge in [-0.2, -0.15) is 0 Å². The zero-order chi connectivity index (χ0) is 24.0. The van der Waals surface area contributed by atoms with Crippen LogP contribution >= 0.6 is 0 Å². The van der Waals surface area contributed by atoms with Gasteiger partial charge < -0.3 is 22.5 Å². The smallest absolute Gasteiger partial charge is 0.315 e. The van der Waals surface area contributed by atoms with Crippen LogP contribution in [0.3, 0.4) is 0 Å². The third-order valence-corrected chi connectivity index (χ3v) is 7.30. The van der Waals surface area contributed by atoms with E-state index in [-0.39, 0.29) is 18.0 Å². The highest BCUT2D eigenvalue weighted by Crippen LogP contribution is 2.36. The van der Waals surface area contributed by atoms with Gasteiger partial charge in [-0.3, -0.25) is 4.79 Å². The van der Waals surface area contributed by atoms with Gasteiger partial charge in [-0.1, -0.05) is 91.4 Å². The van der Waals surface area contributed by atoms with Crippen molar-refractivity contribution in [3.05, 3.63) is 90.9 Å². The van der Waals surface area contributed by atoms with E-state index < -0.39 is 5.41 Å². The number of nitrogens with one attached hydrogen (secondary N) is 2. The van der Waals surface area contributed by atoms with Gasteiger partial charge in [0.1, 0.15) is 0 Å². The molecule has 3 atom stereocenters. The van der Waals surface area contributed by atoms with Crippen LogP contribution in [0.15, 0.2) is 78.4 Å². The van der Waals surface area contributed by atoms with Crippen LogP contribution in [0.1, 0.15) is 38.2 Å². The Hall–Kier alpha value is -3.08. The second-order valence-electron chi connectivity index (χ2n) is 9.73. The normalized spacial score (nSPS) is 24.3. The van der Waals surface area contributed by atoms with Gasteiger partial charge in [-0.25, -0.2) is 4.79 Å². The van der Waals surface area contributed by atoms with E-state index >= 15 is 0 Å². The molecule has 1 saturated heterocycles. The van der Waals surface area contributed by atoms with E-state index in [1.165, 1.54) is 0 Å². The van der Waals surface area contributed by atoms with Gasteiger partial charge in [0, 0.05) is 19.6 Å². The molecule has 0 bridgehead atoms. The third kappa shape index (κ3) is 5.52. The lowest BCUT2D eigenvalue weighted by Crippen LogP contribution is -2.55. The molecule has 5 nitrogen and oxygen atoms in total. The number of piperidine rings is 1. The molecule has 0 aromatic heterocycles. The molecule has 180 valence electrons. The maximum absolute atomic E-state index is 13.6. The third-order valence-electron chi connectivity index (χ3n) is 7.30. The van der Waals surface area contributed by atoms with E-state index in [0.717, 1.165) is 24.0 Å². The lowest BCUT2D eigenvalue weighted by atomic mass is 9.72. The Labute approximate surface area is 203 Å². The molecule has 2 aliphatic carbocycles. The molecule has 3 amide bonds. The summed E-state index contributed by atoms with van der Waals surface area (Å²) in [5.41, 5.74) is 1.45. The average Bonchev–Trinajstić information content (AvgIpc) is 2.88. The van der Waals surface area contributed by atoms with Crippen LogP contribution in [0.25, 0.3) is 0 Å². The maximum atomic E-state index is 13.6. The molecule has 1 heterocycles. The second-order valence-corrected chi connectivity index (χ2v) is 9.73. The zero-order valence-electron chi connectivity index (χ0n) is 20.1. The predicted octanol–water partition coefficient (Wildman–Crippen LogP) is 4.70. The molecule has 1 aromatic carbocycles. The van der Waals surface area contributed by atoms with Crippen molar-refractivity contribution >= 4 is 11.9 Å². The zero-order valence-corrected chi connectivity index (χ0v) is 20.1. The first-order valence-corrected chi connectivity index (χ1v) is 12.4. The standard InChI is InChI=1S/C29H36N3O2/c1-22-13-15-25(16-14-22)23(2)31-28(34)32-19-17-29(18-20-32,26-11-7-4-8-12-26)27(33)30-21-24-9-5-3-6-10-24/h3-9,11-13,15-16,22-24H,2,10,14,17-21H2,1H3,(H,30,33)(H,31,34)/q-1. The molecule has 4 rings (SSSR count). The molecule has 2 N–H and O–H groups in total. The minimum atomic E-state index is -0.624. The number of rotatable bonds is 6. The summed E-state index contributed by atoms with van der Waals surface area (Å²) >= 11 is 0. The van der Waals surface area contributed by atoms with E-state index in [2.05, 4.69) is 54.9 Å². The van der Waals surface area contributed by atoms with Gasteiger partial charge in [0.15, 0.2) is 0 Å². The summed E-state index contributed by atoms with van der Waals surface area (Å²) in [6.07, 6.45) is 17.8. The fraction of sp³-hybridized carbons (Fsp3) is 0.414. The first-order chi connectivity index (χ1) is 16.5.